The zero-order chi connectivity index (χ0) is 24.3. The first-order valence-electron chi connectivity index (χ1n) is 11.6. The van der Waals surface area contributed by atoms with Gasteiger partial charge in [-0.3, -0.25) is 4.79 Å². The first-order valence-corrected chi connectivity index (χ1v) is 11.6. The summed E-state index contributed by atoms with van der Waals surface area (Å²) in [5.74, 6) is 0.358. The van der Waals surface area contributed by atoms with Crippen molar-refractivity contribution in [2.24, 2.45) is 5.41 Å². The van der Waals surface area contributed by atoms with Crippen molar-refractivity contribution in [1.29, 1.82) is 0 Å². The third kappa shape index (κ3) is 4.95. The van der Waals surface area contributed by atoms with Gasteiger partial charge in [0.1, 0.15) is 0 Å². The number of benzene rings is 1. The third-order valence-electron chi connectivity index (χ3n) is 5.80. The fraction of sp³-hybridized carbons (Fsp3) is 0.385. The summed E-state index contributed by atoms with van der Waals surface area (Å²) in [7, 11) is 0. The maximum absolute atomic E-state index is 12.6. The molecule has 1 amide bonds. The van der Waals surface area contributed by atoms with Crippen LogP contribution in [0, 0.1) is 5.41 Å². The monoisotopic (exact) mass is 461 g/mol. The highest BCUT2D eigenvalue weighted by Crippen LogP contribution is 2.27. The van der Waals surface area contributed by atoms with Gasteiger partial charge in [0.25, 0.3) is 0 Å². The molecule has 3 heterocycles. The van der Waals surface area contributed by atoms with Gasteiger partial charge in [-0.2, -0.15) is 5.10 Å². The molecule has 1 aromatic carbocycles. The molecule has 0 unspecified atom stereocenters. The molecule has 34 heavy (non-hydrogen) atoms. The lowest BCUT2D eigenvalue weighted by Gasteiger charge is -2.38. The Balaban J connectivity index is 1.55. The number of anilines is 1. The fourth-order valence-electron chi connectivity index (χ4n) is 4.03. The zero-order valence-electron chi connectivity index (χ0n) is 20.2. The van der Waals surface area contributed by atoms with Gasteiger partial charge in [-0.15, -0.1) is 0 Å². The Kier molecular flexibility index (Phi) is 6.68. The van der Waals surface area contributed by atoms with Crippen LogP contribution >= 0.6 is 0 Å². The Hall–Kier alpha value is -3.68. The standard InChI is InChI=1S/C26H31N5O3/c1-5-34-24(32)21-18-22(31(28-21)23-8-6-7-13-27-23)19-9-11-20(12-10-19)29-14-16-30(17-15-29)25(33)26(2,3)4/h6-13,18H,5,14-17H2,1-4H3. The van der Waals surface area contributed by atoms with Gasteiger partial charge in [-0.05, 0) is 37.3 Å². The van der Waals surface area contributed by atoms with Gasteiger partial charge in [-0.25, -0.2) is 14.5 Å². The second kappa shape index (κ2) is 9.67. The van der Waals surface area contributed by atoms with E-state index in [1.165, 1.54) is 0 Å². The number of amides is 1. The number of aromatic nitrogens is 3. The fourth-order valence-corrected chi connectivity index (χ4v) is 4.03. The molecule has 1 aliphatic rings. The van der Waals surface area contributed by atoms with Crippen molar-refractivity contribution in [2.45, 2.75) is 27.7 Å². The molecule has 8 nitrogen and oxygen atoms in total. The van der Waals surface area contributed by atoms with Gasteiger partial charge in [0.05, 0.1) is 12.3 Å². The van der Waals surface area contributed by atoms with Crippen molar-refractivity contribution in [3.8, 4) is 17.1 Å². The van der Waals surface area contributed by atoms with E-state index in [9.17, 15) is 9.59 Å². The van der Waals surface area contributed by atoms with E-state index in [2.05, 4.69) is 27.1 Å². The third-order valence-corrected chi connectivity index (χ3v) is 5.80. The lowest BCUT2D eigenvalue weighted by atomic mass is 9.94. The normalized spacial score (nSPS) is 14.2. The highest BCUT2D eigenvalue weighted by atomic mass is 16.5. The largest absolute Gasteiger partial charge is 0.461 e. The van der Waals surface area contributed by atoms with E-state index in [0.717, 1.165) is 30.0 Å². The van der Waals surface area contributed by atoms with Crippen LogP contribution in [0.4, 0.5) is 5.69 Å². The van der Waals surface area contributed by atoms with Crippen LogP contribution in [0.15, 0.2) is 54.7 Å². The first kappa shape index (κ1) is 23.5. The van der Waals surface area contributed by atoms with Crippen LogP contribution in [0.5, 0.6) is 0 Å². The summed E-state index contributed by atoms with van der Waals surface area (Å²) in [4.78, 5) is 33.5. The summed E-state index contributed by atoms with van der Waals surface area (Å²) < 4.78 is 6.81. The van der Waals surface area contributed by atoms with Crippen LogP contribution in [0.3, 0.4) is 0 Å². The number of carbonyl (C=O) groups excluding carboxylic acids is 2. The number of esters is 1. The zero-order valence-corrected chi connectivity index (χ0v) is 20.2. The van der Waals surface area contributed by atoms with Crippen LogP contribution in [0.25, 0.3) is 17.1 Å². The van der Waals surface area contributed by atoms with E-state index in [-0.39, 0.29) is 23.6 Å². The number of pyridine rings is 1. The molecular weight excluding hydrogens is 430 g/mol. The average molecular weight is 462 g/mol. The lowest BCUT2D eigenvalue weighted by Crippen LogP contribution is -2.51. The Bertz CT molecular complexity index is 1140. The molecular formula is C26H31N5O3. The summed E-state index contributed by atoms with van der Waals surface area (Å²) in [5.41, 5.74) is 2.66. The van der Waals surface area contributed by atoms with Crippen molar-refractivity contribution < 1.29 is 14.3 Å². The van der Waals surface area contributed by atoms with Gasteiger partial charge < -0.3 is 14.5 Å². The summed E-state index contributed by atoms with van der Waals surface area (Å²) in [6.45, 7) is 11.0. The number of rotatable bonds is 5. The number of hydrogen-bond acceptors (Lipinski definition) is 6. The minimum atomic E-state index is -0.460. The summed E-state index contributed by atoms with van der Waals surface area (Å²) in [6, 6.07) is 15.5. The maximum Gasteiger partial charge on any atom is 0.358 e. The van der Waals surface area contributed by atoms with Gasteiger partial charge in [0.15, 0.2) is 11.5 Å². The van der Waals surface area contributed by atoms with Crippen LogP contribution in [-0.2, 0) is 9.53 Å². The molecule has 3 aromatic rings. The quantitative estimate of drug-likeness (QED) is 0.538. The highest BCUT2D eigenvalue weighted by molar-refractivity contribution is 5.89. The molecule has 2 aromatic heterocycles. The minimum Gasteiger partial charge on any atom is -0.461 e. The Labute approximate surface area is 200 Å². The number of hydrogen-bond donors (Lipinski definition) is 0. The second-order valence-corrected chi connectivity index (χ2v) is 9.31. The Morgan fingerprint density at radius 2 is 1.71 bits per heavy atom. The Morgan fingerprint density at radius 3 is 2.29 bits per heavy atom. The van der Waals surface area contributed by atoms with E-state index >= 15 is 0 Å². The number of ether oxygens (including phenoxy) is 1. The first-order chi connectivity index (χ1) is 16.3. The summed E-state index contributed by atoms with van der Waals surface area (Å²) in [6.07, 6.45) is 1.69. The molecule has 0 N–H and O–H groups in total. The van der Waals surface area contributed by atoms with Gasteiger partial charge in [0, 0.05) is 49.0 Å². The smallest absolute Gasteiger partial charge is 0.358 e. The summed E-state index contributed by atoms with van der Waals surface area (Å²) >= 11 is 0. The topological polar surface area (TPSA) is 80.6 Å². The van der Waals surface area contributed by atoms with Crippen molar-refractivity contribution >= 4 is 17.6 Å². The van der Waals surface area contributed by atoms with E-state index in [1.54, 1.807) is 23.9 Å². The predicted octanol–water partition coefficient (Wildman–Crippen LogP) is 3.81. The summed E-state index contributed by atoms with van der Waals surface area (Å²) in [5, 5.41) is 4.46. The van der Waals surface area contributed by atoms with Gasteiger partial charge in [-0.1, -0.05) is 39.0 Å². The van der Waals surface area contributed by atoms with Crippen LogP contribution < -0.4 is 4.90 Å². The number of carbonyl (C=O) groups is 2. The van der Waals surface area contributed by atoms with E-state index in [0.29, 0.717) is 18.9 Å². The van der Waals surface area contributed by atoms with E-state index < -0.39 is 5.97 Å². The van der Waals surface area contributed by atoms with Gasteiger partial charge >= 0.3 is 5.97 Å². The molecule has 1 fully saturated rings. The van der Waals surface area contributed by atoms with Crippen molar-refractivity contribution in [3.05, 3.63) is 60.4 Å². The van der Waals surface area contributed by atoms with Crippen molar-refractivity contribution in [3.63, 3.8) is 0 Å². The molecule has 0 saturated carbocycles. The van der Waals surface area contributed by atoms with E-state index in [4.69, 9.17) is 4.74 Å². The molecule has 4 rings (SSSR count). The SMILES string of the molecule is CCOC(=O)c1cc(-c2ccc(N3CCN(C(=O)C(C)(C)C)CC3)cc2)n(-c2ccccn2)n1. The van der Waals surface area contributed by atoms with Crippen molar-refractivity contribution in [2.75, 3.05) is 37.7 Å². The molecule has 8 heteroatoms. The Morgan fingerprint density at radius 1 is 1.00 bits per heavy atom. The van der Waals surface area contributed by atoms with Crippen LogP contribution in [0.1, 0.15) is 38.2 Å². The second-order valence-electron chi connectivity index (χ2n) is 9.31. The highest BCUT2D eigenvalue weighted by Gasteiger charge is 2.29. The average Bonchev–Trinajstić information content (AvgIpc) is 3.30. The van der Waals surface area contributed by atoms with Crippen LogP contribution in [-0.4, -0.2) is 64.3 Å². The molecule has 0 aliphatic carbocycles. The molecule has 0 radical (unpaired) electrons. The van der Waals surface area contributed by atoms with E-state index in [1.807, 2.05) is 56.0 Å². The number of nitrogens with zero attached hydrogens (tertiary/aromatic N) is 5. The van der Waals surface area contributed by atoms with Gasteiger partial charge in [0.2, 0.25) is 5.91 Å². The molecule has 0 bridgehead atoms. The maximum atomic E-state index is 12.6. The number of piperazine rings is 1. The minimum absolute atomic E-state index is 0.197. The van der Waals surface area contributed by atoms with Crippen LogP contribution in [0.2, 0.25) is 0 Å². The molecule has 178 valence electrons. The van der Waals surface area contributed by atoms with Crippen molar-refractivity contribution in [1.82, 2.24) is 19.7 Å². The molecule has 1 aliphatic heterocycles. The lowest BCUT2D eigenvalue weighted by molar-refractivity contribution is -0.139. The predicted molar refractivity (Wildman–Crippen MR) is 131 cm³/mol. The molecule has 1 saturated heterocycles. The molecule has 0 atom stereocenters. The molecule has 0 spiro atoms.